The van der Waals surface area contributed by atoms with Crippen LogP contribution in [0.15, 0.2) is 206 Å². The molecule has 0 N–H and O–H groups in total. The van der Waals surface area contributed by atoms with Gasteiger partial charge in [0, 0.05) is 12.1 Å². The number of carbonyl (C=O) groups is 7. The van der Waals surface area contributed by atoms with Gasteiger partial charge in [-0.2, -0.15) is 0 Å². The third-order valence-corrected chi connectivity index (χ3v) is 9.82. The number of hydrogen-bond donors (Lipinski definition) is 0. The molecule has 13 nitrogen and oxygen atoms in total. The topological polar surface area (TPSA) is 175 Å². The molecule has 0 fully saturated rings. The predicted molar refractivity (Wildman–Crippen MR) is 245 cm³/mol. The number of esters is 6. The number of ketones is 1. The summed E-state index contributed by atoms with van der Waals surface area (Å²) < 4.78 is 35.1. The second-order valence-electron chi connectivity index (χ2n) is 14.5. The van der Waals surface area contributed by atoms with Crippen LogP contribution in [0.4, 0.5) is 0 Å². The fourth-order valence-electron chi connectivity index (χ4n) is 6.51. The van der Waals surface area contributed by atoms with Crippen molar-refractivity contribution in [1.82, 2.24) is 0 Å². The van der Waals surface area contributed by atoms with Crippen molar-refractivity contribution in [3.63, 3.8) is 0 Å². The molecule has 8 rings (SSSR count). The minimum Gasteiger partial charge on any atom is -0.423 e. The lowest BCUT2D eigenvalue weighted by molar-refractivity contribution is 0.0672. The monoisotopic (exact) mass is 902 g/mol. The minimum atomic E-state index is -1.17. The van der Waals surface area contributed by atoms with E-state index in [4.69, 9.17) is 28.4 Å². The van der Waals surface area contributed by atoms with Crippen molar-refractivity contribution in [3.05, 3.63) is 251 Å². The van der Waals surface area contributed by atoms with Gasteiger partial charge in [0.15, 0.2) is 23.0 Å². The van der Waals surface area contributed by atoms with Gasteiger partial charge in [0.05, 0.1) is 44.5 Å². The highest BCUT2D eigenvalue weighted by molar-refractivity contribution is 6.15. The summed E-state index contributed by atoms with van der Waals surface area (Å²) in [5.74, 6) is -10.1. The fraction of sp³-hybridized carbons (Fsp3) is 0. The lowest BCUT2D eigenvalue weighted by Crippen LogP contribution is -2.19. The second-order valence-corrected chi connectivity index (χ2v) is 14.5. The summed E-state index contributed by atoms with van der Waals surface area (Å²) in [6.45, 7) is 0. The molecular formula is C55H34O13. The van der Waals surface area contributed by atoms with Gasteiger partial charge < -0.3 is 28.4 Å². The van der Waals surface area contributed by atoms with E-state index < -0.39 is 75.7 Å². The van der Waals surface area contributed by atoms with E-state index in [1.54, 1.807) is 109 Å². The zero-order valence-corrected chi connectivity index (χ0v) is 35.4. The highest BCUT2D eigenvalue weighted by atomic mass is 16.6. The summed E-state index contributed by atoms with van der Waals surface area (Å²) in [5.41, 5.74) is -0.840. The third kappa shape index (κ3) is 10.8. The first-order chi connectivity index (χ1) is 33.1. The van der Waals surface area contributed by atoms with Crippen molar-refractivity contribution in [1.29, 1.82) is 0 Å². The number of benzene rings is 8. The fourth-order valence-corrected chi connectivity index (χ4v) is 6.51. The molecule has 0 atom stereocenters. The standard InChI is InChI=1S/C55H34O13/c56-47(43-31-41(63-50(57)35-19-7-1-8-20-35)33-45(65-52(59)37-23-11-3-12-24-37)48(43)67-54(61)39-27-15-5-16-28-39)44-32-42(64-51(58)36-21-9-2-10-22-36)34-46(66-53(60)38-25-13-4-14-26-38)49(44)68-55(62)40-29-17-6-18-30-40/h1-34H. The molecule has 13 heteroatoms. The van der Waals surface area contributed by atoms with Crippen LogP contribution in [0, 0.1) is 0 Å². The van der Waals surface area contributed by atoms with E-state index in [-0.39, 0.29) is 44.9 Å². The molecule has 0 heterocycles. The molecule has 0 aromatic heterocycles. The molecule has 0 spiro atoms. The smallest absolute Gasteiger partial charge is 0.343 e. The Bertz CT molecular complexity index is 2950. The van der Waals surface area contributed by atoms with Gasteiger partial charge in [0.2, 0.25) is 5.78 Å². The van der Waals surface area contributed by atoms with Crippen LogP contribution < -0.4 is 28.4 Å². The second kappa shape index (κ2) is 20.8. The first-order valence-electron chi connectivity index (χ1n) is 20.7. The summed E-state index contributed by atoms with van der Waals surface area (Å²) in [6.07, 6.45) is 0. The SMILES string of the molecule is O=C(Oc1cc(OC(=O)c2ccccc2)c(OC(=O)c2ccccc2)c(C(=O)c2cc(OC(=O)c3ccccc3)cc(OC(=O)c3ccccc3)c2OC(=O)c2ccccc2)c1)c1ccccc1. The molecule has 0 saturated heterocycles. The van der Waals surface area contributed by atoms with E-state index in [0.29, 0.717) is 0 Å². The van der Waals surface area contributed by atoms with Crippen molar-refractivity contribution in [3.8, 4) is 34.5 Å². The molecule has 0 saturated carbocycles. The van der Waals surface area contributed by atoms with E-state index in [1.807, 2.05) is 0 Å². The molecule has 0 unspecified atom stereocenters. The normalized spacial score (nSPS) is 10.5. The average molecular weight is 903 g/mol. The maximum Gasteiger partial charge on any atom is 0.343 e. The van der Waals surface area contributed by atoms with Crippen LogP contribution in [0.1, 0.15) is 78.1 Å². The van der Waals surface area contributed by atoms with Crippen molar-refractivity contribution >= 4 is 41.6 Å². The Kier molecular flexibility index (Phi) is 13.7. The predicted octanol–water partition coefficient (Wildman–Crippen LogP) is 10.2. The molecule has 0 amide bonds. The number of hydrogen-bond acceptors (Lipinski definition) is 13. The molecule has 0 radical (unpaired) electrons. The zero-order chi connectivity index (χ0) is 47.4. The number of carbonyl (C=O) groups excluding carboxylic acids is 7. The van der Waals surface area contributed by atoms with E-state index in [0.717, 1.165) is 24.3 Å². The van der Waals surface area contributed by atoms with Crippen molar-refractivity contribution in [2.45, 2.75) is 0 Å². The summed E-state index contributed by atoms with van der Waals surface area (Å²) in [5, 5.41) is 0. The molecular weight excluding hydrogens is 869 g/mol. The Hall–Kier alpha value is -9.75. The largest absolute Gasteiger partial charge is 0.423 e. The van der Waals surface area contributed by atoms with Crippen LogP contribution in [0.5, 0.6) is 34.5 Å². The Labute approximate surface area is 387 Å². The highest BCUT2D eigenvalue weighted by Crippen LogP contribution is 2.43. The molecule has 68 heavy (non-hydrogen) atoms. The van der Waals surface area contributed by atoms with Crippen LogP contribution in [-0.4, -0.2) is 41.6 Å². The van der Waals surface area contributed by atoms with Gasteiger partial charge in [0.25, 0.3) is 0 Å². The van der Waals surface area contributed by atoms with Crippen LogP contribution in [0.25, 0.3) is 0 Å². The maximum absolute atomic E-state index is 15.6. The molecule has 0 bridgehead atoms. The van der Waals surface area contributed by atoms with Crippen molar-refractivity contribution in [2.24, 2.45) is 0 Å². The maximum atomic E-state index is 15.6. The molecule has 8 aromatic carbocycles. The zero-order valence-electron chi connectivity index (χ0n) is 35.4. The van der Waals surface area contributed by atoms with Gasteiger partial charge in [-0.3, -0.25) is 4.79 Å². The van der Waals surface area contributed by atoms with E-state index in [9.17, 15) is 28.8 Å². The molecule has 0 aliphatic carbocycles. The number of ether oxygens (including phenoxy) is 6. The van der Waals surface area contributed by atoms with Gasteiger partial charge in [-0.05, 0) is 84.9 Å². The molecule has 332 valence electrons. The highest BCUT2D eigenvalue weighted by Gasteiger charge is 2.32. The van der Waals surface area contributed by atoms with E-state index >= 15 is 4.79 Å². The number of rotatable bonds is 14. The Morgan fingerprint density at radius 2 is 0.471 bits per heavy atom. The summed E-state index contributed by atoms with van der Waals surface area (Å²) >= 11 is 0. The van der Waals surface area contributed by atoms with Crippen LogP contribution >= 0.6 is 0 Å². The Morgan fingerprint density at radius 1 is 0.250 bits per heavy atom. The summed E-state index contributed by atoms with van der Waals surface area (Å²) in [4.78, 5) is 98.1. The van der Waals surface area contributed by atoms with Crippen molar-refractivity contribution < 1.29 is 62.0 Å². The lowest BCUT2D eigenvalue weighted by Gasteiger charge is -2.19. The Morgan fingerprint density at radius 3 is 0.721 bits per heavy atom. The van der Waals surface area contributed by atoms with Crippen LogP contribution in [0.3, 0.4) is 0 Å². The average Bonchev–Trinajstić information content (AvgIpc) is 3.38. The summed E-state index contributed by atoms with van der Waals surface area (Å²) in [7, 11) is 0. The van der Waals surface area contributed by atoms with Crippen molar-refractivity contribution in [2.75, 3.05) is 0 Å². The Balaban J connectivity index is 1.36. The van der Waals surface area contributed by atoms with Gasteiger partial charge in [0.1, 0.15) is 11.5 Å². The van der Waals surface area contributed by atoms with Crippen LogP contribution in [0.2, 0.25) is 0 Å². The van der Waals surface area contributed by atoms with Crippen LogP contribution in [-0.2, 0) is 0 Å². The van der Waals surface area contributed by atoms with Gasteiger partial charge in [-0.25, -0.2) is 28.8 Å². The lowest BCUT2D eigenvalue weighted by atomic mass is 9.99. The molecule has 0 aliphatic rings. The van der Waals surface area contributed by atoms with Gasteiger partial charge >= 0.3 is 35.8 Å². The van der Waals surface area contributed by atoms with E-state index in [2.05, 4.69) is 0 Å². The first-order valence-corrected chi connectivity index (χ1v) is 20.7. The quantitative estimate of drug-likeness (QED) is 0.0573. The van der Waals surface area contributed by atoms with Gasteiger partial charge in [-0.1, -0.05) is 109 Å². The first kappa shape index (κ1) is 44.8. The third-order valence-electron chi connectivity index (χ3n) is 9.82. The van der Waals surface area contributed by atoms with E-state index in [1.165, 1.54) is 72.8 Å². The molecule has 8 aromatic rings. The molecule has 0 aliphatic heterocycles. The minimum absolute atomic E-state index is 0.0215. The van der Waals surface area contributed by atoms with Gasteiger partial charge in [-0.15, -0.1) is 0 Å². The summed E-state index contributed by atoms with van der Waals surface area (Å²) in [6, 6.07) is 50.8.